The average Bonchev–Trinajstić information content (AvgIpc) is 3.21. The summed E-state index contributed by atoms with van der Waals surface area (Å²) in [5.74, 6) is 3.26. The Kier molecular flexibility index (Phi) is 3.30. The van der Waals surface area contributed by atoms with Crippen LogP contribution in [0, 0.1) is 12.8 Å². The molecule has 3 nitrogen and oxygen atoms in total. The van der Waals surface area contributed by atoms with Crippen LogP contribution in [0.25, 0.3) is 0 Å². The van der Waals surface area contributed by atoms with Gasteiger partial charge in [-0.1, -0.05) is 35.9 Å². The minimum atomic E-state index is 0.369. The van der Waals surface area contributed by atoms with Crippen LogP contribution >= 0.6 is 0 Å². The van der Waals surface area contributed by atoms with Crippen molar-refractivity contribution in [3.8, 4) is 11.5 Å². The van der Waals surface area contributed by atoms with Crippen LogP contribution in [-0.2, 0) is 12.8 Å². The van der Waals surface area contributed by atoms with Crippen LogP contribution in [0.15, 0.2) is 36.4 Å². The molecular weight excluding hydrogens is 298 g/mol. The zero-order chi connectivity index (χ0) is 16.1. The van der Waals surface area contributed by atoms with Gasteiger partial charge in [0.15, 0.2) is 11.5 Å². The lowest BCUT2D eigenvalue weighted by molar-refractivity contribution is 0.173. The Morgan fingerprint density at radius 1 is 1.17 bits per heavy atom. The topological polar surface area (TPSA) is 30.5 Å². The van der Waals surface area contributed by atoms with Gasteiger partial charge < -0.3 is 14.8 Å². The van der Waals surface area contributed by atoms with Crippen molar-refractivity contribution in [2.24, 2.45) is 5.92 Å². The molecule has 3 heteroatoms. The Balaban J connectivity index is 1.42. The summed E-state index contributed by atoms with van der Waals surface area (Å²) in [6, 6.07) is 13.9. The van der Waals surface area contributed by atoms with E-state index in [1.807, 2.05) is 0 Å². The molecule has 1 fully saturated rings. The second kappa shape index (κ2) is 5.52. The summed E-state index contributed by atoms with van der Waals surface area (Å²) in [6.07, 6.45) is 3.47. The molecule has 2 aliphatic heterocycles. The molecule has 5 rings (SSSR count). The van der Waals surface area contributed by atoms with E-state index in [9.17, 15) is 0 Å². The predicted octanol–water partition coefficient (Wildman–Crippen LogP) is 3.58. The van der Waals surface area contributed by atoms with E-state index < -0.39 is 0 Å². The molecule has 24 heavy (non-hydrogen) atoms. The zero-order valence-corrected chi connectivity index (χ0v) is 14.0. The first-order chi connectivity index (χ1) is 11.8. The van der Waals surface area contributed by atoms with Gasteiger partial charge >= 0.3 is 0 Å². The van der Waals surface area contributed by atoms with E-state index in [-0.39, 0.29) is 0 Å². The summed E-state index contributed by atoms with van der Waals surface area (Å²) >= 11 is 0. The Labute approximate surface area is 143 Å². The minimum absolute atomic E-state index is 0.369. The molecule has 124 valence electrons. The van der Waals surface area contributed by atoms with Crippen LogP contribution in [0.4, 0.5) is 0 Å². The van der Waals surface area contributed by atoms with Crippen molar-refractivity contribution < 1.29 is 9.47 Å². The maximum Gasteiger partial charge on any atom is 0.231 e. The van der Waals surface area contributed by atoms with Gasteiger partial charge in [0.1, 0.15) is 0 Å². The van der Waals surface area contributed by atoms with Crippen LogP contribution in [0.3, 0.4) is 0 Å². The van der Waals surface area contributed by atoms with Gasteiger partial charge in [-0.2, -0.15) is 0 Å². The average molecular weight is 321 g/mol. The summed E-state index contributed by atoms with van der Waals surface area (Å²) < 4.78 is 11.3. The molecule has 0 amide bonds. The summed E-state index contributed by atoms with van der Waals surface area (Å²) in [5, 5.41) is 3.80. The highest BCUT2D eigenvalue weighted by Crippen LogP contribution is 2.48. The Morgan fingerprint density at radius 3 is 3.04 bits per heavy atom. The first-order valence-electron chi connectivity index (χ1n) is 9.00. The number of ether oxygens (including phenoxy) is 2. The molecule has 0 aromatic heterocycles. The molecule has 1 saturated heterocycles. The lowest BCUT2D eigenvalue weighted by Crippen LogP contribution is -2.31. The molecule has 0 bridgehead atoms. The molecule has 2 aromatic carbocycles. The highest BCUT2D eigenvalue weighted by atomic mass is 16.7. The fourth-order valence-corrected chi connectivity index (χ4v) is 4.88. The van der Waals surface area contributed by atoms with Crippen LogP contribution in [0.2, 0.25) is 0 Å². The van der Waals surface area contributed by atoms with Gasteiger partial charge in [0.05, 0.1) is 0 Å². The number of nitrogens with one attached hydrogen (secondary N) is 1. The Morgan fingerprint density at radius 2 is 2.12 bits per heavy atom. The summed E-state index contributed by atoms with van der Waals surface area (Å²) in [4.78, 5) is 0. The third kappa shape index (κ3) is 2.22. The van der Waals surface area contributed by atoms with Gasteiger partial charge in [0, 0.05) is 24.1 Å². The maximum atomic E-state index is 5.74. The molecule has 0 spiro atoms. The smallest absolute Gasteiger partial charge is 0.231 e. The molecule has 3 unspecified atom stereocenters. The monoisotopic (exact) mass is 321 g/mol. The van der Waals surface area contributed by atoms with E-state index in [4.69, 9.17) is 9.47 Å². The molecule has 0 saturated carbocycles. The van der Waals surface area contributed by atoms with Gasteiger partial charge in [0.25, 0.3) is 0 Å². The van der Waals surface area contributed by atoms with Crippen molar-refractivity contribution in [3.05, 3.63) is 58.7 Å². The van der Waals surface area contributed by atoms with Crippen LogP contribution in [-0.4, -0.2) is 19.4 Å². The van der Waals surface area contributed by atoms with E-state index in [2.05, 4.69) is 48.6 Å². The second-order valence-corrected chi connectivity index (χ2v) is 7.38. The van der Waals surface area contributed by atoms with Gasteiger partial charge in [-0.3, -0.25) is 0 Å². The summed E-state index contributed by atoms with van der Waals surface area (Å²) in [7, 11) is 0. The molecule has 3 aliphatic rings. The number of rotatable bonds is 2. The van der Waals surface area contributed by atoms with Crippen molar-refractivity contribution in [1.29, 1.82) is 0 Å². The molecule has 0 radical (unpaired) electrons. The second-order valence-electron chi connectivity index (χ2n) is 7.38. The van der Waals surface area contributed by atoms with Gasteiger partial charge in [-0.25, -0.2) is 0 Å². The highest BCUT2D eigenvalue weighted by Gasteiger charge is 2.41. The predicted molar refractivity (Wildman–Crippen MR) is 93.8 cm³/mol. The highest BCUT2D eigenvalue weighted by molar-refractivity contribution is 5.54. The third-order valence-electron chi connectivity index (χ3n) is 5.98. The Hall–Kier alpha value is -2.00. The SMILES string of the molecule is Cc1cccc(CC2NCC3c4ccc5c(c4CCC23)OCO5)c1. The maximum absolute atomic E-state index is 5.74. The largest absolute Gasteiger partial charge is 0.454 e. The fraction of sp³-hybridized carbons (Fsp3) is 0.429. The van der Waals surface area contributed by atoms with E-state index in [1.165, 1.54) is 28.7 Å². The number of fused-ring (bicyclic) bond motifs is 5. The van der Waals surface area contributed by atoms with Crippen molar-refractivity contribution in [1.82, 2.24) is 5.32 Å². The molecule has 3 atom stereocenters. The summed E-state index contributed by atoms with van der Waals surface area (Å²) in [5.41, 5.74) is 5.67. The minimum Gasteiger partial charge on any atom is -0.454 e. The fourth-order valence-electron chi connectivity index (χ4n) is 4.88. The third-order valence-corrected chi connectivity index (χ3v) is 5.98. The summed E-state index contributed by atoms with van der Waals surface area (Å²) in [6.45, 7) is 3.62. The van der Waals surface area contributed by atoms with E-state index in [0.29, 0.717) is 18.8 Å². The quantitative estimate of drug-likeness (QED) is 0.917. The van der Waals surface area contributed by atoms with Gasteiger partial charge in [-0.05, 0) is 49.3 Å². The molecule has 2 aromatic rings. The van der Waals surface area contributed by atoms with E-state index >= 15 is 0 Å². The number of aryl methyl sites for hydroxylation is 1. The number of benzene rings is 2. The lowest BCUT2D eigenvalue weighted by Gasteiger charge is -2.31. The zero-order valence-electron chi connectivity index (χ0n) is 14.0. The van der Waals surface area contributed by atoms with E-state index in [0.717, 1.165) is 36.8 Å². The molecular formula is C21H23NO2. The van der Waals surface area contributed by atoms with Gasteiger partial charge in [-0.15, -0.1) is 0 Å². The van der Waals surface area contributed by atoms with Crippen LogP contribution in [0.1, 0.15) is 34.6 Å². The first kappa shape index (κ1) is 14.4. The molecule has 1 aliphatic carbocycles. The van der Waals surface area contributed by atoms with E-state index in [1.54, 1.807) is 0 Å². The van der Waals surface area contributed by atoms with Crippen LogP contribution < -0.4 is 14.8 Å². The Bertz CT molecular complexity index is 785. The van der Waals surface area contributed by atoms with Crippen molar-refractivity contribution in [2.45, 2.75) is 38.1 Å². The standard InChI is InChI=1S/C21H23NO2/c1-13-3-2-4-14(9-13)10-19-16-5-6-17-15(18(16)11-22-19)7-8-20-21(17)24-12-23-20/h2-4,7-9,16,18-19,22H,5-6,10-12H2,1H3. The number of hydrogen-bond acceptors (Lipinski definition) is 3. The molecule has 2 heterocycles. The molecule has 1 N–H and O–H groups in total. The van der Waals surface area contributed by atoms with Crippen LogP contribution in [0.5, 0.6) is 11.5 Å². The number of hydrogen-bond donors (Lipinski definition) is 1. The van der Waals surface area contributed by atoms with Crippen molar-refractivity contribution >= 4 is 0 Å². The van der Waals surface area contributed by atoms with Gasteiger partial charge in [0.2, 0.25) is 6.79 Å². The van der Waals surface area contributed by atoms with Crippen molar-refractivity contribution in [3.63, 3.8) is 0 Å². The normalized spacial score (nSPS) is 27.0. The van der Waals surface area contributed by atoms with Crippen molar-refractivity contribution in [2.75, 3.05) is 13.3 Å². The lowest BCUT2D eigenvalue weighted by atomic mass is 9.73. The first-order valence-corrected chi connectivity index (χ1v) is 9.00.